The lowest BCUT2D eigenvalue weighted by Crippen LogP contribution is -2.48. The van der Waals surface area contributed by atoms with Gasteiger partial charge in [0.1, 0.15) is 6.04 Å². The Bertz CT molecular complexity index is 179. The molecule has 70 valence electrons. The first-order chi connectivity index (χ1) is 5.49. The van der Waals surface area contributed by atoms with E-state index in [0.717, 1.165) is 0 Å². The third-order valence-corrected chi connectivity index (χ3v) is 1.47. The van der Waals surface area contributed by atoms with Gasteiger partial charge in [0.25, 0.3) is 0 Å². The summed E-state index contributed by atoms with van der Waals surface area (Å²) in [5.41, 5.74) is 0. The molecule has 5 nitrogen and oxygen atoms in total. The minimum atomic E-state index is -1.18. The summed E-state index contributed by atoms with van der Waals surface area (Å²) in [7, 11) is 1.47. The Morgan fingerprint density at radius 1 is 1.33 bits per heavy atom. The zero-order chi connectivity index (χ0) is 9.72. The highest BCUT2D eigenvalue weighted by Gasteiger charge is 2.22. The molecule has 1 atom stereocenters. The van der Waals surface area contributed by atoms with Crippen LogP contribution in [0.15, 0.2) is 0 Å². The van der Waals surface area contributed by atoms with Crippen LogP contribution in [-0.4, -0.2) is 30.2 Å². The van der Waals surface area contributed by atoms with Crippen molar-refractivity contribution in [2.75, 3.05) is 7.05 Å². The average Bonchev–Trinajstić information content (AvgIpc) is 1.98. The van der Waals surface area contributed by atoms with Gasteiger partial charge in [-0.1, -0.05) is 13.8 Å². The minimum Gasteiger partial charge on any atom is -0.465 e. The van der Waals surface area contributed by atoms with E-state index in [9.17, 15) is 9.59 Å². The van der Waals surface area contributed by atoms with Crippen LogP contribution in [0.4, 0.5) is 4.79 Å². The summed E-state index contributed by atoms with van der Waals surface area (Å²) in [6.07, 6.45) is -1.18. The average molecular weight is 174 g/mol. The molecular formula is C7H14N2O3. The molecule has 0 fully saturated rings. The third-order valence-electron chi connectivity index (χ3n) is 1.47. The molecule has 0 heterocycles. The van der Waals surface area contributed by atoms with Crippen molar-refractivity contribution in [2.45, 2.75) is 19.9 Å². The summed E-state index contributed by atoms with van der Waals surface area (Å²) in [5, 5.41) is 12.9. The smallest absolute Gasteiger partial charge is 0.405 e. The summed E-state index contributed by atoms with van der Waals surface area (Å²) in [6.45, 7) is 3.55. The SMILES string of the molecule is CNC(=O)C(NC(=O)O)C(C)C. The number of hydrogen-bond donors (Lipinski definition) is 3. The number of likely N-dealkylation sites (N-methyl/N-ethyl adjacent to an activating group) is 1. The van der Waals surface area contributed by atoms with E-state index in [0.29, 0.717) is 0 Å². The molecule has 0 aliphatic rings. The van der Waals surface area contributed by atoms with Gasteiger partial charge in [0.05, 0.1) is 0 Å². The number of amides is 2. The Balaban J connectivity index is 4.23. The molecule has 0 aromatic rings. The lowest BCUT2D eigenvalue weighted by molar-refractivity contribution is -0.123. The lowest BCUT2D eigenvalue weighted by Gasteiger charge is -2.18. The van der Waals surface area contributed by atoms with Crippen LogP contribution in [0.25, 0.3) is 0 Å². The maximum absolute atomic E-state index is 11.1. The van der Waals surface area contributed by atoms with Gasteiger partial charge in [-0.2, -0.15) is 0 Å². The highest BCUT2D eigenvalue weighted by Crippen LogP contribution is 2.00. The summed E-state index contributed by atoms with van der Waals surface area (Å²) < 4.78 is 0. The third kappa shape index (κ3) is 3.23. The molecule has 0 bridgehead atoms. The van der Waals surface area contributed by atoms with E-state index in [2.05, 4.69) is 10.6 Å². The van der Waals surface area contributed by atoms with E-state index in [1.165, 1.54) is 7.05 Å². The molecule has 0 rings (SSSR count). The van der Waals surface area contributed by atoms with Crippen molar-refractivity contribution in [1.82, 2.24) is 10.6 Å². The Hall–Kier alpha value is -1.26. The van der Waals surface area contributed by atoms with Crippen molar-refractivity contribution in [1.29, 1.82) is 0 Å². The first-order valence-electron chi connectivity index (χ1n) is 3.70. The standard InChI is InChI=1S/C7H14N2O3/c1-4(2)5(6(10)8-3)9-7(11)12/h4-5,9H,1-3H3,(H,8,10)(H,11,12). The van der Waals surface area contributed by atoms with E-state index in [1.807, 2.05) is 0 Å². The Morgan fingerprint density at radius 2 is 1.83 bits per heavy atom. The van der Waals surface area contributed by atoms with Crippen molar-refractivity contribution in [3.05, 3.63) is 0 Å². The molecule has 0 aromatic carbocycles. The van der Waals surface area contributed by atoms with Crippen LogP contribution in [0, 0.1) is 5.92 Å². The van der Waals surface area contributed by atoms with Crippen LogP contribution in [0.5, 0.6) is 0 Å². The van der Waals surface area contributed by atoms with Gasteiger partial charge in [0, 0.05) is 7.05 Å². The first kappa shape index (κ1) is 10.7. The largest absolute Gasteiger partial charge is 0.465 e. The molecule has 0 aliphatic heterocycles. The normalized spacial score (nSPS) is 12.3. The molecule has 2 amide bonds. The van der Waals surface area contributed by atoms with Crippen molar-refractivity contribution in [3.8, 4) is 0 Å². The molecule has 3 N–H and O–H groups in total. The van der Waals surface area contributed by atoms with Crippen LogP contribution in [0.2, 0.25) is 0 Å². The molecule has 12 heavy (non-hydrogen) atoms. The predicted molar refractivity (Wildman–Crippen MR) is 43.9 cm³/mol. The summed E-state index contributed by atoms with van der Waals surface area (Å²) in [5.74, 6) is -0.367. The monoisotopic (exact) mass is 174 g/mol. The van der Waals surface area contributed by atoms with Crippen molar-refractivity contribution >= 4 is 12.0 Å². The van der Waals surface area contributed by atoms with Gasteiger partial charge in [-0.3, -0.25) is 4.79 Å². The van der Waals surface area contributed by atoms with Gasteiger partial charge in [0.15, 0.2) is 0 Å². The van der Waals surface area contributed by atoms with Crippen molar-refractivity contribution in [2.24, 2.45) is 5.92 Å². The maximum Gasteiger partial charge on any atom is 0.405 e. The molecule has 1 unspecified atom stereocenters. The fourth-order valence-electron chi connectivity index (χ4n) is 0.823. The van der Waals surface area contributed by atoms with E-state index in [-0.39, 0.29) is 11.8 Å². The first-order valence-corrected chi connectivity index (χ1v) is 3.70. The van der Waals surface area contributed by atoms with E-state index < -0.39 is 12.1 Å². The summed E-state index contributed by atoms with van der Waals surface area (Å²) >= 11 is 0. The van der Waals surface area contributed by atoms with E-state index in [4.69, 9.17) is 5.11 Å². The lowest BCUT2D eigenvalue weighted by atomic mass is 10.0. The van der Waals surface area contributed by atoms with E-state index >= 15 is 0 Å². The molecular weight excluding hydrogens is 160 g/mol. The Labute approximate surface area is 71.1 Å². The second kappa shape index (κ2) is 4.58. The predicted octanol–water partition coefficient (Wildman–Crippen LogP) is 0.0246. The highest BCUT2D eigenvalue weighted by molar-refractivity contribution is 5.85. The second-order valence-corrected chi connectivity index (χ2v) is 2.79. The number of carboxylic acid groups (broad SMARTS) is 1. The zero-order valence-electron chi connectivity index (χ0n) is 7.42. The topological polar surface area (TPSA) is 78.4 Å². The van der Waals surface area contributed by atoms with Gasteiger partial charge in [0.2, 0.25) is 5.91 Å². The van der Waals surface area contributed by atoms with Crippen molar-refractivity contribution < 1.29 is 14.7 Å². The van der Waals surface area contributed by atoms with Gasteiger partial charge < -0.3 is 15.7 Å². The van der Waals surface area contributed by atoms with Crippen LogP contribution in [0.1, 0.15) is 13.8 Å². The van der Waals surface area contributed by atoms with Crippen molar-refractivity contribution in [3.63, 3.8) is 0 Å². The number of nitrogens with one attached hydrogen (secondary N) is 2. The summed E-state index contributed by atoms with van der Waals surface area (Å²) in [6, 6.07) is -0.674. The number of carbonyl (C=O) groups is 2. The number of hydrogen-bond acceptors (Lipinski definition) is 2. The molecule has 5 heteroatoms. The molecule has 0 spiro atoms. The summed E-state index contributed by atoms with van der Waals surface area (Å²) in [4.78, 5) is 21.3. The van der Waals surface area contributed by atoms with Crippen LogP contribution in [-0.2, 0) is 4.79 Å². The Morgan fingerprint density at radius 3 is 2.08 bits per heavy atom. The van der Waals surface area contributed by atoms with Crippen LogP contribution in [0.3, 0.4) is 0 Å². The Kier molecular flexibility index (Phi) is 4.10. The van der Waals surface area contributed by atoms with Crippen LogP contribution < -0.4 is 10.6 Å². The number of rotatable bonds is 3. The second-order valence-electron chi connectivity index (χ2n) is 2.79. The highest BCUT2D eigenvalue weighted by atomic mass is 16.4. The zero-order valence-corrected chi connectivity index (χ0v) is 7.42. The molecule has 0 saturated carbocycles. The molecule has 0 aromatic heterocycles. The molecule has 0 aliphatic carbocycles. The van der Waals surface area contributed by atoms with Gasteiger partial charge in [-0.15, -0.1) is 0 Å². The van der Waals surface area contributed by atoms with Gasteiger partial charge in [-0.05, 0) is 5.92 Å². The fraction of sp³-hybridized carbons (Fsp3) is 0.714. The molecule has 0 saturated heterocycles. The fourth-order valence-corrected chi connectivity index (χ4v) is 0.823. The van der Waals surface area contributed by atoms with Gasteiger partial charge in [-0.25, -0.2) is 4.79 Å². The number of carbonyl (C=O) groups excluding carboxylic acids is 1. The van der Waals surface area contributed by atoms with Gasteiger partial charge >= 0.3 is 6.09 Å². The maximum atomic E-state index is 11.1. The molecule has 0 radical (unpaired) electrons. The minimum absolute atomic E-state index is 0.0546. The van der Waals surface area contributed by atoms with Crippen LogP contribution >= 0.6 is 0 Å². The quantitative estimate of drug-likeness (QED) is 0.564. The van der Waals surface area contributed by atoms with E-state index in [1.54, 1.807) is 13.8 Å².